The van der Waals surface area contributed by atoms with Gasteiger partial charge in [0.1, 0.15) is 0 Å². The van der Waals surface area contributed by atoms with Crippen LogP contribution < -0.4 is 11.1 Å². The lowest BCUT2D eigenvalue weighted by molar-refractivity contribution is 0.0165. The highest BCUT2D eigenvalue weighted by Crippen LogP contribution is 2.32. The zero-order valence-corrected chi connectivity index (χ0v) is 19.5. The number of fused-ring (bicyclic) bond motifs is 1. The number of carbonyl (C=O) groups is 1. The highest BCUT2D eigenvalue weighted by Gasteiger charge is 2.27. The van der Waals surface area contributed by atoms with Gasteiger partial charge in [-0.05, 0) is 53.8 Å². The number of amides is 1. The molecule has 1 amide bonds. The van der Waals surface area contributed by atoms with Gasteiger partial charge in [-0.15, -0.1) is 0 Å². The monoisotopic (exact) mass is 462 g/mol. The van der Waals surface area contributed by atoms with E-state index in [0.29, 0.717) is 34.0 Å². The van der Waals surface area contributed by atoms with Gasteiger partial charge in [0.05, 0.1) is 17.6 Å². The first kappa shape index (κ1) is 23.4. The van der Waals surface area contributed by atoms with E-state index >= 15 is 0 Å². The molecule has 3 aromatic carbocycles. The van der Waals surface area contributed by atoms with E-state index in [1.807, 2.05) is 16.7 Å². The third kappa shape index (κ3) is 5.09. The molecule has 0 aliphatic carbocycles. The SMILES string of the molecule is CC(C)Cc1ccc(Nc2nc3cc(C(N)=O)ccc3n2Cc2ccccc2C(C)(F)F)cc1. The molecule has 1 heterocycles. The predicted octanol–water partition coefficient (Wildman–Crippen LogP) is 6.24. The number of primary amides is 1. The Hall–Kier alpha value is -3.74. The molecule has 4 rings (SSSR count). The maximum absolute atomic E-state index is 14.3. The molecule has 176 valence electrons. The molecule has 0 saturated heterocycles. The lowest BCUT2D eigenvalue weighted by atomic mass is 10.0. The second-order valence-electron chi connectivity index (χ2n) is 9.05. The molecule has 0 saturated carbocycles. The van der Waals surface area contributed by atoms with Gasteiger partial charge in [0.15, 0.2) is 0 Å². The number of hydrogen-bond donors (Lipinski definition) is 2. The summed E-state index contributed by atoms with van der Waals surface area (Å²) >= 11 is 0. The third-order valence-electron chi connectivity index (χ3n) is 5.71. The van der Waals surface area contributed by atoms with Crippen molar-refractivity contribution >= 4 is 28.6 Å². The molecular weight excluding hydrogens is 434 g/mol. The number of benzene rings is 3. The fourth-order valence-corrected chi connectivity index (χ4v) is 4.12. The molecule has 7 heteroatoms. The number of nitrogens with two attached hydrogens (primary N) is 1. The average Bonchev–Trinajstić information content (AvgIpc) is 3.10. The minimum Gasteiger partial charge on any atom is -0.366 e. The maximum atomic E-state index is 14.3. The number of hydrogen-bond acceptors (Lipinski definition) is 3. The number of nitrogens with zero attached hydrogens (tertiary/aromatic N) is 2. The van der Waals surface area contributed by atoms with E-state index in [2.05, 4.69) is 36.3 Å². The van der Waals surface area contributed by atoms with Crippen molar-refractivity contribution in [3.8, 4) is 0 Å². The molecule has 0 aliphatic heterocycles. The number of halogens is 2. The molecule has 0 atom stereocenters. The summed E-state index contributed by atoms with van der Waals surface area (Å²) in [6.45, 7) is 5.42. The van der Waals surface area contributed by atoms with Crippen LogP contribution in [0.5, 0.6) is 0 Å². The summed E-state index contributed by atoms with van der Waals surface area (Å²) in [7, 11) is 0. The van der Waals surface area contributed by atoms with Gasteiger partial charge in [0.25, 0.3) is 5.92 Å². The second kappa shape index (κ2) is 9.25. The van der Waals surface area contributed by atoms with Crippen molar-refractivity contribution in [1.29, 1.82) is 0 Å². The number of nitrogens with one attached hydrogen (secondary N) is 1. The first-order valence-electron chi connectivity index (χ1n) is 11.2. The zero-order chi connectivity index (χ0) is 24.5. The second-order valence-corrected chi connectivity index (χ2v) is 9.05. The molecule has 1 aromatic heterocycles. The smallest absolute Gasteiger partial charge is 0.270 e. The average molecular weight is 463 g/mol. The van der Waals surface area contributed by atoms with Gasteiger partial charge in [-0.1, -0.05) is 50.2 Å². The first-order valence-corrected chi connectivity index (χ1v) is 11.2. The fourth-order valence-electron chi connectivity index (χ4n) is 4.12. The summed E-state index contributed by atoms with van der Waals surface area (Å²) in [5.74, 6) is -2.49. The molecule has 0 aliphatic rings. The normalized spacial score (nSPS) is 11.8. The Labute approximate surface area is 197 Å². The van der Waals surface area contributed by atoms with Crippen molar-refractivity contribution in [2.75, 3.05) is 5.32 Å². The Balaban J connectivity index is 1.77. The lowest BCUT2D eigenvalue weighted by Gasteiger charge is -2.18. The van der Waals surface area contributed by atoms with E-state index in [9.17, 15) is 13.6 Å². The van der Waals surface area contributed by atoms with Gasteiger partial charge in [0, 0.05) is 23.7 Å². The Morgan fingerprint density at radius 1 is 1.09 bits per heavy atom. The summed E-state index contributed by atoms with van der Waals surface area (Å²) < 4.78 is 30.4. The van der Waals surface area contributed by atoms with Crippen LogP contribution in [0.2, 0.25) is 0 Å². The standard InChI is InChI=1S/C27H28F2N4O/c1-17(2)14-18-8-11-21(12-9-18)31-26-32-23-15-19(25(30)34)10-13-24(23)33(26)16-20-6-4-5-7-22(20)27(3,28)29/h4-13,15,17H,14,16H2,1-3H3,(H2,30,34)(H,31,32). The number of anilines is 2. The third-order valence-corrected chi connectivity index (χ3v) is 5.71. The van der Waals surface area contributed by atoms with Crippen LogP contribution in [-0.2, 0) is 18.9 Å². The Kier molecular flexibility index (Phi) is 6.37. The summed E-state index contributed by atoms with van der Waals surface area (Å²) in [6.07, 6.45) is 0.983. The summed E-state index contributed by atoms with van der Waals surface area (Å²) in [4.78, 5) is 16.3. The van der Waals surface area contributed by atoms with Crippen LogP contribution >= 0.6 is 0 Å². The van der Waals surface area contributed by atoms with E-state index in [4.69, 9.17) is 5.73 Å². The Morgan fingerprint density at radius 2 is 1.79 bits per heavy atom. The van der Waals surface area contributed by atoms with Gasteiger partial charge in [-0.3, -0.25) is 4.79 Å². The highest BCUT2D eigenvalue weighted by molar-refractivity contribution is 5.96. The molecule has 3 N–H and O–H groups in total. The van der Waals surface area contributed by atoms with E-state index in [0.717, 1.165) is 19.0 Å². The molecule has 0 spiro atoms. The van der Waals surface area contributed by atoms with E-state index < -0.39 is 11.8 Å². The van der Waals surface area contributed by atoms with Crippen LogP contribution in [0, 0.1) is 5.92 Å². The number of rotatable bonds is 8. The molecular formula is C27H28F2N4O. The molecule has 5 nitrogen and oxygen atoms in total. The molecule has 0 radical (unpaired) electrons. The van der Waals surface area contributed by atoms with Gasteiger partial charge < -0.3 is 15.6 Å². The van der Waals surface area contributed by atoms with Crippen LogP contribution in [-0.4, -0.2) is 15.5 Å². The highest BCUT2D eigenvalue weighted by atomic mass is 19.3. The summed E-state index contributed by atoms with van der Waals surface area (Å²) in [5, 5.41) is 3.32. The molecule has 4 aromatic rings. The molecule has 34 heavy (non-hydrogen) atoms. The van der Waals surface area contributed by atoms with Crippen molar-refractivity contribution in [2.45, 2.75) is 39.7 Å². The van der Waals surface area contributed by atoms with Crippen molar-refractivity contribution < 1.29 is 13.6 Å². The largest absolute Gasteiger partial charge is 0.366 e. The predicted molar refractivity (Wildman–Crippen MR) is 132 cm³/mol. The maximum Gasteiger partial charge on any atom is 0.270 e. The zero-order valence-electron chi connectivity index (χ0n) is 19.5. The topological polar surface area (TPSA) is 72.9 Å². The van der Waals surface area contributed by atoms with Crippen LogP contribution in [0.1, 0.15) is 47.8 Å². The van der Waals surface area contributed by atoms with Crippen LogP contribution in [0.15, 0.2) is 66.7 Å². The van der Waals surface area contributed by atoms with Gasteiger partial charge >= 0.3 is 0 Å². The number of alkyl halides is 2. The Morgan fingerprint density at radius 3 is 2.44 bits per heavy atom. The molecule has 0 fully saturated rings. The van der Waals surface area contributed by atoms with E-state index in [-0.39, 0.29) is 12.1 Å². The van der Waals surface area contributed by atoms with Crippen molar-refractivity contribution in [2.24, 2.45) is 11.7 Å². The molecule has 0 unspecified atom stereocenters. The summed E-state index contributed by atoms with van der Waals surface area (Å²) in [5.41, 5.74) is 9.55. The first-order chi connectivity index (χ1) is 16.1. The molecule has 0 bridgehead atoms. The van der Waals surface area contributed by atoms with Crippen molar-refractivity contribution in [1.82, 2.24) is 9.55 Å². The summed E-state index contributed by atoms with van der Waals surface area (Å²) in [6, 6.07) is 19.6. The van der Waals surface area contributed by atoms with E-state index in [1.165, 1.54) is 11.6 Å². The minimum atomic E-state index is -2.98. The van der Waals surface area contributed by atoms with Crippen LogP contribution in [0.25, 0.3) is 11.0 Å². The van der Waals surface area contributed by atoms with Crippen LogP contribution in [0.3, 0.4) is 0 Å². The fraction of sp³-hybridized carbons (Fsp3) is 0.259. The number of aromatic nitrogens is 2. The van der Waals surface area contributed by atoms with Crippen LogP contribution in [0.4, 0.5) is 20.4 Å². The Bertz CT molecular complexity index is 1320. The lowest BCUT2D eigenvalue weighted by Crippen LogP contribution is -2.14. The van der Waals surface area contributed by atoms with Gasteiger partial charge in [-0.2, -0.15) is 0 Å². The number of imidazole rings is 1. The van der Waals surface area contributed by atoms with Gasteiger partial charge in [0.2, 0.25) is 11.9 Å². The van der Waals surface area contributed by atoms with Gasteiger partial charge in [-0.25, -0.2) is 13.8 Å². The quantitative estimate of drug-likeness (QED) is 0.326. The van der Waals surface area contributed by atoms with Crippen molar-refractivity contribution in [3.63, 3.8) is 0 Å². The minimum absolute atomic E-state index is 0.0328. The van der Waals surface area contributed by atoms with Crippen molar-refractivity contribution in [3.05, 3.63) is 89.0 Å². The number of carbonyl (C=O) groups excluding carboxylic acids is 1. The van der Waals surface area contributed by atoms with E-state index in [1.54, 1.807) is 36.4 Å².